The van der Waals surface area contributed by atoms with Crippen molar-refractivity contribution >= 4 is 5.82 Å². The fourth-order valence-corrected chi connectivity index (χ4v) is 1.18. The fraction of sp³-hybridized carbons (Fsp3) is 0.222. The van der Waals surface area contributed by atoms with E-state index in [-0.39, 0.29) is 5.56 Å². The minimum absolute atomic E-state index is 0.142. The summed E-state index contributed by atoms with van der Waals surface area (Å²) < 4.78 is 1.47. The average Bonchev–Trinajstić information content (AvgIpc) is 2.73. The van der Waals surface area contributed by atoms with Crippen molar-refractivity contribution < 1.29 is 0 Å². The molecule has 0 saturated carbocycles. The van der Waals surface area contributed by atoms with Crippen molar-refractivity contribution in [1.82, 2.24) is 19.5 Å². The molecule has 2 aromatic rings. The molecule has 0 spiro atoms. The SMILES string of the molecule is Cn1ccnc(NCc2cnc[nH]2)c1=O. The highest BCUT2D eigenvalue weighted by molar-refractivity contribution is 5.31. The predicted octanol–water partition coefficient (Wildman–Crippen LogP) is 0.115. The van der Waals surface area contributed by atoms with Crippen LogP contribution in [0, 0.1) is 0 Å². The molecule has 6 nitrogen and oxygen atoms in total. The maximum atomic E-state index is 11.5. The first-order valence-electron chi connectivity index (χ1n) is 4.50. The number of aromatic amines is 1. The van der Waals surface area contributed by atoms with Gasteiger partial charge in [-0.2, -0.15) is 0 Å². The molecule has 15 heavy (non-hydrogen) atoms. The molecule has 6 heteroatoms. The Bertz CT molecular complexity index is 487. The number of nitrogens with one attached hydrogen (secondary N) is 2. The van der Waals surface area contributed by atoms with Gasteiger partial charge in [0, 0.05) is 25.6 Å². The lowest BCUT2D eigenvalue weighted by Gasteiger charge is -2.03. The molecule has 0 aliphatic rings. The van der Waals surface area contributed by atoms with Crippen LogP contribution < -0.4 is 10.9 Å². The van der Waals surface area contributed by atoms with Crippen molar-refractivity contribution in [3.63, 3.8) is 0 Å². The Labute approximate surface area is 86.0 Å². The molecule has 78 valence electrons. The van der Waals surface area contributed by atoms with Crippen LogP contribution in [0.3, 0.4) is 0 Å². The number of imidazole rings is 1. The van der Waals surface area contributed by atoms with Crippen molar-refractivity contribution in [1.29, 1.82) is 0 Å². The highest BCUT2D eigenvalue weighted by Crippen LogP contribution is 1.96. The van der Waals surface area contributed by atoms with E-state index in [4.69, 9.17) is 0 Å². The van der Waals surface area contributed by atoms with Gasteiger partial charge >= 0.3 is 0 Å². The van der Waals surface area contributed by atoms with E-state index in [2.05, 4.69) is 20.3 Å². The largest absolute Gasteiger partial charge is 0.360 e. The minimum atomic E-state index is -0.142. The van der Waals surface area contributed by atoms with Crippen LogP contribution in [-0.4, -0.2) is 19.5 Å². The molecular weight excluding hydrogens is 194 g/mol. The van der Waals surface area contributed by atoms with Gasteiger partial charge < -0.3 is 14.9 Å². The lowest BCUT2D eigenvalue weighted by Crippen LogP contribution is -2.21. The summed E-state index contributed by atoms with van der Waals surface area (Å²) in [5, 5.41) is 2.94. The van der Waals surface area contributed by atoms with Crippen molar-refractivity contribution in [2.24, 2.45) is 7.05 Å². The number of hydrogen-bond acceptors (Lipinski definition) is 4. The van der Waals surface area contributed by atoms with Gasteiger partial charge in [-0.1, -0.05) is 0 Å². The summed E-state index contributed by atoms with van der Waals surface area (Å²) in [4.78, 5) is 22.3. The van der Waals surface area contributed by atoms with Crippen LogP contribution in [0.1, 0.15) is 5.69 Å². The third kappa shape index (κ3) is 2.04. The third-order valence-corrected chi connectivity index (χ3v) is 2.02. The van der Waals surface area contributed by atoms with Crippen molar-refractivity contribution in [2.75, 3.05) is 5.32 Å². The van der Waals surface area contributed by atoms with Crippen LogP contribution >= 0.6 is 0 Å². The van der Waals surface area contributed by atoms with E-state index in [1.807, 2.05) is 0 Å². The van der Waals surface area contributed by atoms with E-state index in [0.717, 1.165) is 5.69 Å². The Morgan fingerprint density at radius 2 is 2.47 bits per heavy atom. The number of hydrogen-bond donors (Lipinski definition) is 2. The van der Waals surface area contributed by atoms with Crippen LogP contribution in [0.5, 0.6) is 0 Å². The molecule has 0 radical (unpaired) electrons. The van der Waals surface area contributed by atoms with E-state index in [0.29, 0.717) is 12.4 Å². The van der Waals surface area contributed by atoms with Crippen molar-refractivity contribution in [3.8, 4) is 0 Å². The first-order chi connectivity index (χ1) is 7.27. The van der Waals surface area contributed by atoms with Gasteiger partial charge in [0.1, 0.15) is 0 Å². The second kappa shape index (κ2) is 3.95. The van der Waals surface area contributed by atoms with Gasteiger partial charge in [0.05, 0.1) is 18.6 Å². The Balaban J connectivity index is 2.12. The van der Waals surface area contributed by atoms with E-state index in [1.54, 1.807) is 32.0 Å². The van der Waals surface area contributed by atoms with Gasteiger partial charge in [-0.25, -0.2) is 9.97 Å². The zero-order chi connectivity index (χ0) is 10.7. The minimum Gasteiger partial charge on any atom is -0.360 e. The zero-order valence-corrected chi connectivity index (χ0v) is 8.27. The second-order valence-electron chi connectivity index (χ2n) is 3.12. The van der Waals surface area contributed by atoms with Crippen LogP contribution in [-0.2, 0) is 13.6 Å². The quantitative estimate of drug-likeness (QED) is 0.746. The standard InChI is InChI=1S/C9H11N5O/c1-14-3-2-11-8(9(14)15)12-5-7-4-10-6-13-7/h2-4,6H,5H2,1H3,(H,10,13)(H,11,12). The first-order valence-corrected chi connectivity index (χ1v) is 4.50. The molecule has 0 unspecified atom stereocenters. The summed E-state index contributed by atoms with van der Waals surface area (Å²) in [6, 6.07) is 0. The number of nitrogens with zero attached hydrogens (tertiary/aromatic N) is 3. The number of H-pyrrole nitrogens is 1. The molecule has 0 saturated heterocycles. The monoisotopic (exact) mass is 205 g/mol. The highest BCUT2D eigenvalue weighted by atomic mass is 16.1. The number of rotatable bonds is 3. The molecule has 2 heterocycles. The summed E-state index contributed by atoms with van der Waals surface area (Å²) in [7, 11) is 1.69. The molecule has 0 aliphatic carbocycles. The van der Waals surface area contributed by atoms with Gasteiger partial charge in [-0.3, -0.25) is 4.79 Å². The smallest absolute Gasteiger partial charge is 0.293 e. The molecule has 2 rings (SSSR count). The lowest BCUT2D eigenvalue weighted by atomic mass is 10.4. The van der Waals surface area contributed by atoms with E-state index in [9.17, 15) is 4.79 Å². The van der Waals surface area contributed by atoms with Crippen molar-refractivity contribution in [2.45, 2.75) is 6.54 Å². The molecule has 0 fully saturated rings. The molecule has 0 bridgehead atoms. The summed E-state index contributed by atoms with van der Waals surface area (Å²) in [6.45, 7) is 0.506. The van der Waals surface area contributed by atoms with Crippen molar-refractivity contribution in [3.05, 3.63) is 41.0 Å². The molecule has 0 aliphatic heterocycles. The van der Waals surface area contributed by atoms with Gasteiger partial charge in [0.15, 0.2) is 5.82 Å². The molecule has 0 aromatic carbocycles. The number of aromatic nitrogens is 4. The maximum absolute atomic E-state index is 11.5. The summed E-state index contributed by atoms with van der Waals surface area (Å²) >= 11 is 0. The first kappa shape index (κ1) is 9.45. The Morgan fingerprint density at radius 3 is 3.20 bits per heavy atom. The maximum Gasteiger partial charge on any atom is 0.293 e. The summed E-state index contributed by atoms with van der Waals surface area (Å²) in [5.74, 6) is 0.342. The lowest BCUT2D eigenvalue weighted by molar-refractivity contribution is 0.838. The Hall–Kier alpha value is -2.11. The molecule has 2 aromatic heterocycles. The highest BCUT2D eigenvalue weighted by Gasteiger charge is 2.01. The van der Waals surface area contributed by atoms with Gasteiger partial charge in [-0.15, -0.1) is 0 Å². The van der Waals surface area contributed by atoms with Gasteiger partial charge in [0.2, 0.25) is 0 Å². The van der Waals surface area contributed by atoms with E-state index >= 15 is 0 Å². The number of anilines is 1. The van der Waals surface area contributed by atoms with E-state index < -0.39 is 0 Å². The van der Waals surface area contributed by atoms with Crippen LogP contribution in [0.4, 0.5) is 5.82 Å². The topological polar surface area (TPSA) is 75.6 Å². The van der Waals surface area contributed by atoms with Crippen LogP contribution in [0.15, 0.2) is 29.7 Å². The summed E-state index contributed by atoms with van der Waals surface area (Å²) in [5.41, 5.74) is 0.764. The molecular formula is C9H11N5O. The normalized spacial score (nSPS) is 10.2. The van der Waals surface area contributed by atoms with E-state index in [1.165, 1.54) is 4.57 Å². The number of aryl methyl sites for hydroxylation is 1. The third-order valence-electron chi connectivity index (χ3n) is 2.02. The predicted molar refractivity (Wildman–Crippen MR) is 55.4 cm³/mol. The van der Waals surface area contributed by atoms with Crippen LogP contribution in [0.2, 0.25) is 0 Å². The zero-order valence-electron chi connectivity index (χ0n) is 8.27. The fourth-order valence-electron chi connectivity index (χ4n) is 1.18. The second-order valence-corrected chi connectivity index (χ2v) is 3.12. The molecule has 0 amide bonds. The molecule has 0 atom stereocenters. The average molecular weight is 205 g/mol. The van der Waals surface area contributed by atoms with Gasteiger partial charge in [0.25, 0.3) is 5.56 Å². The molecule has 2 N–H and O–H groups in total. The summed E-state index contributed by atoms with van der Waals surface area (Å²) in [6.07, 6.45) is 6.48. The Kier molecular flexibility index (Phi) is 2.49. The van der Waals surface area contributed by atoms with Gasteiger partial charge in [-0.05, 0) is 0 Å². The Morgan fingerprint density at radius 1 is 1.60 bits per heavy atom. The van der Waals surface area contributed by atoms with Crippen LogP contribution in [0.25, 0.3) is 0 Å².